The zero-order valence-electron chi connectivity index (χ0n) is 10.4. The number of rotatable bonds is 8. The van der Waals surface area contributed by atoms with Gasteiger partial charge in [-0.1, -0.05) is 43.7 Å². The Morgan fingerprint density at radius 3 is 2.76 bits per heavy atom. The number of ether oxygens (including phenoxy) is 1. The lowest BCUT2D eigenvalue weighted by molar-refractivity contribution is -0.143. The van der Waals surface area contributed by atoms with Crippen LogP contribution in [0.15, 0.2) is 30.3 Å². The number of carbonyl (C=O) groups excluding carboxylic acids is 1. The number of benzene rings is 1. The molecule has 0 bridgehead atoms. The quantitative estimate of drug-likeness (QED) is 0.556. The summed E-state index contributed by atoms with van der Waals surface area (Å²) in [5, 5.41) is 3.22. The Labute approximate surface area is 103 Å². The van der Waals surface area contributed by atoms with Gasteiger partial charge < -0.3 is 10.1 Å². The van der Waals surface area contributed by atoms with Crippen molar-refractivity contribution < 1.29 is 9.53 Å². The van der Waals surface area contributed by atoms with E-state index in [-0.39, 0.29) is 5.97 Å². The first-order valence-electron chi connectivity index (χ1n) is 6.23. The van der Waals surface area contributed by atoms with Gasteiger partial charge in [0.05, 0.1) is 13.0 Å². The lowest BCUT2D eigenvalue weighted by Gasteiger charge is -2.05. The summed E-state index contributed by atoms with van der Waals surface area (Å²) in [5.41, 5.74) is 1.23. The predicted octanol–water partition coefficient (Wildman–Crippen LogP) is 2.51. The molecule has 94 valence electrons. The zero-order chi connectivity index (χ0) is 12.3. The van der Waals surface area contributed by atoms with Gasteiger partial charge in [-0.25, -0.2) is 0 Å². The summed E-state index contributed by atoms with van der Waals surface area (Å²) in [6.07, 6.45) is 2.44. The van der Waals surface area contributed by atoms with E-state index in [4.69, 9.17) is 4.74 Å². The van der Waals surface area contributed by atoms with E-state index in [2.05, 4.69) is 24.4 Å². The molecule has 0 amide bonds. The lowest BCUT2D eigenvalue weighted by atomic mass is 10.2. The van der Waals surface area contributed by atoms with Gasteiger partial charge in [0.1, 0.15) is 0 Å². The summed E-state index contributed by atoms with van der Waals surface area (Å²) >= 11 is 0. The third-order valence-electron chi connectivity index (χ3n) is 2.44. The maximum absolute atomic E-state index is 11.3. The fourth-order valence-corrected chi connectivity index (χ4v) is 1.42. The van der Waals surface area contributed by atoms with Crippen LogP contribution in [0.4, 0.5) is 0 Å². The van der Waals surface area contributed by atoms with Crippen molar-refractivity contribution in [1.82, 2.24) is 5.32 Å². The summed E-state index contributed by atoms with van der Waals surface area (Å²) in [5.74, 6) is -0.112. The van der Waals surface area contributed by atoms with Crippen molar-refractivity contribution in [2.24, 2.45) is 0 Å². The number of carbonyl (C=O) groups is 1. The number of esters is 1. The van der Waals surface area contributed by atoms with Crippen LogP contribution in [0.25, 0.3) is 0 Å². The second-order valence-corrected chi connectivity index (χ2v) is 3.99. The minimum atomic E-state index is -0.112. The average Bonchev–Trinajstić information content (AvgIpc) is 2.36. The molecule has 0 heterocycles. The Kier molecular flexibility index (Phi) is 7.07. The van der Waals surface area contributed by atoms with Crippen molar-refractivity contribution in [3.63, 3.8) is 0 Å². The molecule has 0 aliphatic carbocycles. The first-order chi connectivity index (χ1) is 8.33. The lowest BCUT2D eigenvalue weighted by Crippen LogP contribution is -2.19. The van der Waals surface area contributed by atoms with E-state index in [0.29, 0.717) is 19.6 Å². The minimum Gasteiger partial charge on any atom is -0.466 e. The van der Waals surface area contributed by atoms with Crippen LogP contribution >= 0.6 is 0 Å². The van der Waals surface area contributed by atoms with Gasteiger partial charge in [-0.2, -0.15) is 0 Å². The molecule has 0 fully saturated rings. The topological polar surface area (TPSA) is 38.3 Å². The maximum atomic E-state index is 11.3. The molecule has 1 rings (SSSR count). The largest absolute Gasteiger partial charge is 0.466 e. The van der Waals surface area contributed by atoms with E-state index in [1.54, 1.807) is 0 Å². The second kappa shape index (κ2) is 8.76. The Morgan fingerprint density at radius 1 is 1.29 bits per heavy atom. The molecule has 3 heteroatoms. The van der Waals surface area contributed by atoms with Crippen molar-refractivity contribution in [3.8, 4) is 0 Å². The van der Waals surface area contributed by atoms with E-state index in [0.717, 1.165) is 19.4 Å². The van der Waals surface area contributed by atoms with Crippen LogP contribution in [0, 0.1) is 0 Å². The summed E-state index contributed by atoms with van der Waals surface area (Å²) < 4.78 is 5.06. The van der Waals surface area contributed by atoms with Crippen LogP contribution in [0.5, 0.6) is 0 Å². The molecule has 0 spiro atoms. The molecular formula is C14H21NO2. The van der Waals surface area contributed by atoms with Gasteiger partial charge in [0.15, 0.2) is 0 Å². The summed E-state index contributed by atoms with van der Waals surface area (Å²) in [6.45, 7) is 4.09. The van der Waals surface area contributed by atoms with Crippen LogP contribution in [-0.4, -0.2) is 19.1 Å². The SMILES string of the molecule is CCCCOC(=O)CCNCc1ccccc1. The molecule has 0 saturated carbocycles. The molecule has 0 saturated heterocycles. The first-order valence-corrected chi connectivity index (χ1v) is 6.23. The van der Waals surface area contributed by atoms with Crippen molar-refractivity contribution in [2.45, 2.75) is 32.7 Å². The van der Waals surface area contributed by atoms with Crippen molar-refractivity contribution >= 4 is 5.97 Å². The molecule has 1 aromatic rings. The van der Waals surface area contributed by atoms with E-state index in [1.165, 1.54) is 5.56 Å². The van der Waals surface area contributed by atoms with Gasteiger partial charge in [-0.15, -0.1) is 0 Å². The van der Waals surface area contributed by atoms with E-state index in [1.807, 2.05) is 18.2 Å². The highest BCUT2D eigenvalue weighted by molar-refractivity contribution is 5.69. The first kappa shape index (κ1) is 13.7. The Bertz CT molecular complexity index is 311. The van der Waals surface area contributed by atoms with E-state index >= 15 is 0 Å². The Morgan fingerprint density at radius 2 is 2.06 bits per heavy atom. The van der Waals surface area contributed by atoms with Crippen LogP contribution in [0.2, 0.25) is 0 Å². The fourth-order valence-electron chi connectivity index (χ4n) is 1.42. The molecule has 3 nitrogen and oxygen atoms in total. The second-order valence-electron chi connectivity index (χ2n) is 3.99. The van der Waals surface area contributed by atoms with Crippen LogP contribution in [0.3, 0.4) is 0 Å². The molecule has 0 aromatic heterocycles. The number of hydrogen-bond acceptors (Lipinski definition) is 3. The molecule has 1 aromatic carbocycles. The van der Waals surface area contributed by atoms with Gasteiger partial charge in [0.25, 0.3) is 0 Å². The Hall–Kier alpha value is -1.35. The van der Waals surface area contributed by atoms with Gasteiger partial charge in [-0.3, -0.25) is 4.79 Å². The molecule has 17 heavy (non-hydrogen) atoms. The zero-order valence-corrected chi connectivity index (χ0v) is 10.4. The summed E-state index contributed by atoms with van der Waals surface area (Å²) in [6, 6.07) is 10.1. The minimum absolute atomic E-state index is 0.112. The number of hydrogen-bond donors (Lipinski definition) is 1. The van der Waals surface area contributed by atoms with Crippen molar-refractivity contribution in [3.05, 3.63) is 35.9 Å². The molecule has 0 aliphatic rings. The van der Waals surface area contributed by atoms with Crippen LogP contribution < -0.4 is 5.32 Å². The normalized spacial score (nSPS) is 10.2. The van der Waals surface area contributed by atoms with Crippen molar-refractivity contribution in [2.75, 3.05) is 13.2 Å². The average molecular weight is 235 g/mol. The van der Waals surface area contributed by atoms with Gasteiger partial charge in [-0.05, 0) is 12.0 Å². The fraction of sp³-hybridized carbons (Fsp3) is 0.500. The predicted molar refractivity (Wildman–Crippen MR) is 68.6 cm³/mol. The van der Waals surface area contributed by atoms with Gasteiger partial charge in [0, 0.05) is 13.1 Å². The monoisotopic (exact) mass is 235 g/mol. The van der Waals surface area contributed by atoms with Gasteiger partial charge in [0.2, 0.25) is 0 Å². The Balaban J connectivity index is 2.02. The van der Waals surface area contributed by atoms with Crippen LogP contribution in [0.1, 0.15) is 31.7 Å². The third kappa shape index (κ3) is 6.74. The molecule has 0 radical (unpaired) electrons. The van der Waals surface area contributed by atoms with E-state index < -0.39 is 0 Å². The number of unbranched alkanes of at least 4 members (excludes halogenated alkanes) is 1. The standard InChI is InChI=1S/C14H21NO2/c1-2-3-11-17-14(16)9-10-15-12-13-7-5-4-6-8-13/h4-8,15H,2-3,9-12H2,1H3. The smallest absolute Gasteiger partial charge is 0.307 e. The molecular weight excluding hydrogens is 214 g/mol. The molecule has 1 N–H and O–H groups in total. The van der Waals surface area contributed by atoms with Crippen LogP contribution in [-0.2, 0) is 16.1 Å². The third-order valence-corrected chi connectivity index (χ3v) is 2.44. The highest BCUT2D eigenvalue weighted by Crippen LogP contribution is 1.97. The number of nitrogens with one attached hydrogen (secondary N) is 1. The van der Waals surface area contributed by atoms with E-state index in [9.17, 15) is 4.79 Å². The molecule has 0 atom stereocenters. The molecule has 0 aliphatic heterocycles. The summed E-state index contributed by atoms with van der Waals surface area (Å²) in [7, 11) is 0. The maximum Gasteiger partial charge on any atom is 0.307 e. The van der Waals surface area contributed by atoms with Crippen molar-refractivity contribution in [1.29, 1.82) is 0 Å². The highest BCUT2D eigenvalue weighted by atomic mass is 16.5. The summed E-state index contributed by atoms with van der Waals surface area (Å²) in [4.78, 5) is 11.3. The van der Waals surface area contributed by atoms with Gasteiger partial charge >= 0.3 is 5.97 Å². The highest BCUT2D eigenvalue weighted by Gasteiger charge is 2.01. The molecule has 0 unspecified atom stereocenters.